The van der Waals surface area contributed by atoms with Crippen molar-refractivity contribution in [3.05, 3.63) is 58.4 Å². The van der Waals surface area contributed by atoms with Gasteiger partial charge in [-0.15, -0.1) is 0 Å². The van der Waals surface area contributed by atoms with E-state index in [0.29, 0.717) is 29.6 Å². The Labute approximate surface area is 167 Å². The standard InChI is InChI=1S/C23H23N3O3/c1-14-6-4-5-11-26(14)13-17-20(27)10-9-15-12-16(23(28)29-21(15)17)22-24-18-7-2-3-8-19(18)25-22/h2-3,7-10,12,14,27H,4-6,11,13H2,1H3,(H,24,25)/p+2. The lowest BCUT2D eigenvalue weighted by Crippen LogP contribution is -3.14. The molecule has 5 rings (SSSR count). The lowest BCUT2D eigenvalue weighted by Gasteiger charge is -2.30. The third-order valence-electron chi connectivity index (χ3n) is 6.18. The molecule has 1 aliphatic heterocycles. The summed E-state index contributed by atoms with van der Waals surface area (Å²) >= 11 is 0. The molecule has 0 aliphatic carbocycles. The lowest BCUT2D eigenvalue weighted by atomic mass is 10.0. The van der Waals surface area contributed by atoms with Crippen molar-refractivity contribution in [1.82, 2.24) is 4.98 Å². The smallest absolute Gasteiger partial charge is 0.352 e. The molecular weight excluding hydrogens is 366 g/mol. The van der Waals surface area contributed by atoms with E-state index < -0.39 is 5.63 Å². The van der Waals surface area contributed by atoms with Crippen molar-refractivity contribution in [3.8, 4) is 17.1 Å². The monoisotopic (exact) mass is 391 g/mol. The maximum absolute atomic E-state index is 12.8. The average Bonchev–Trinajstić information content (AvgIpc) is 3.15. The van der Waals surface area contributed by atoms with E-state index in [2.05, 4.69) is 16.9 Å². The summed E-state index contributed by atoms with van der Waals surface area (Å²) in [4.78, 5) is 20.8. The fourth-order valence-electron chi connectivity index (χ4n) is 4.46. The van der Waals surface area contributed by atoms with Crippen LogP contribution >= 0.6 is 0 Å². The Morgan fingerprint density at radius 3 is 2.93 bits per heavy atom. The van der Waals surface area contributed by atoms with Gasteiger partial charge in [0, 0.05) is 5.39 Å². The van der Waals surface area contributed by atoms with Crippen LogP contribution in [0.4, 0.5) is 0 Å². The van der Waals surface area contributed by atoms with Crippen molar-refractivity contribution < 1.29 is 19.4 Å². The minimum Gasteiger partial charge on any atom is -0.507 e. The first kappa shape index (κ1) is 17.9. The number of phenols is 1. The first-order valence-electron chi connectivity index (χ1n) is 10.2. The summed E-state index contributed by atoms with van der Waals surface area (Å²) in [6, 6.07) is 13.7. The second-order valence-corrected chi connectivity index (χ2v) is 8.08. The third kappa shape index (κ3) is 3.19. The summed E-state index contributed by atoms with van der Waals surface area (Å²) < 4.78 is 5.76. The number of rotatable bonds is 3. The number of hydrogen-bond acceptors (Lipinski definition) is 3. The predicted octanol–water partition coefficient (Wildman–Crippen LogP) is 2.42. The SMILES string of the molecule is CC1CCCC[NH+]1Cc1c(O)ccc2cc(-c3[nH]c4ccccc4[nH+]3)c(=O)oc12. The van der Waals surface area contributed by atoms with Crippen LogP contribution in [0.1, 0.15) is 31.7 Å². The summed E-state index contributed by atoms with van der Waals surface area (Å²) in [6.07, 6.45) is 3.63. The molecule has 0 radical (unpaired) electrons. The number of aromatic amines is 2. The number of nitrogens with one attached hydrogen (secondary N) is 3. The molecule has 0 amide bonds. The van der Waals surface area contributed by atoms with E-state index in [1.165, 1.54) is 24.2 Å². The van der Waals surface area contributed by atoms with Crippen molar-refractivity contribution in [1.29, 1.82) is 0 Å². The Kier molecular flexibility index (Phi) is 4.36. The molecule has 3 heterocycles. The van der Waals surface area contributed by atoms with Gasteiger partial charge in [-0.25, -0.2) is 14.8 Å². The molecule has 1 saturated heterocycles. The highest BCUT2D eigenvalue weighted by Gasteiger charge is 2.26. The van der Waals surface area contributed by atoms with Crippen LogP contribution in [0.5, 0.6) is 5.75 Å². The van der Waals surface area contributed by atoms with Crippen LogP contribution in [0.3, 0.4) is 0 Å². The van der Waals surface area contributed by atoms with E-state index in [1.54, 1.807) is 12.1 Å². The van der Waals surface area contributed by atoms with Crippen molar-refractivity contribution in [2.75, 3.05) is 6.54 Å². The summed E-state index contributed by atoms with van der Waals surface area (Å²) in [6.45, 7) is 3.98. The van der Waals surface area contributed by atoms with Crippen LogP contribution in [0, 0.1) is 0 Å². The largest absolute Gasteiger partial charge is 0.507 e. The molecule has 148 valence electrons. The first-order valence-corrected chi connectivity index (χ1v) is 10.2. The number of likely N-dealkylation sites (tertiary alicyclic amines) is 1. The summed E-state index contributed by atoms with van der Waals surface area (Å²) in [5, 5.41) is 11.3. The second kappa shape index (κ2) is 7.04. The van der Waals surface area contributed by atoms with Crippen LogP contribution in [0.15, 0.2) is 51.7 Å². The topological polar surface area (TPSA) is 84.8 Å². The Morgan fingerprint density at radius 2 is 2.10 bits per heavy atom. The number of aromatic nitrogens is 2. The molecule has 6 heteroatoms. The number of hydrogen-bond donors (Lipinski definition) is 3. The zero-order valence-electron chi connectivity index (χ0n) is 16.4. The molecule has 4 aromatic rings. The van der Waals surface area contributed by atoms with Gasteiger partial charge in [0.2, 0.25) is 0 Å². The van der Waals surface area contributed by atoms with Gasteiger partial charge in [-0.1, -0.05) is 12.1 Å². The van der Waals surface area contributed by atoms with Crippen molar-refractivity contribution in [2.45, 2.75) is 38.8 Å². The maximum Gasteiger partial charge on any atom is 0.352 e. The molecule has 2 aromatic carbocycles. The fourth-order valence-corrected chi connectivity index (χ4v) is 4.46. The molecule has 0 bridgehead atoms. The van der Waals surface area contributed by atoms with E-state index in [9.17, 15) is 9.90 Å². The molecule has 1 aliphatic rings. The van der Waals surface area contributed by atoms with Gasteiger partial charge in [-0.3, -0.25) is 0 Å². The zero-order valence-corrected chi connectivity index (χ0v) is 16.4. The first-order chi connectivity index (χ1) is 14.1. The number of quaternary nitrogens is 1. The summed E-state index contributed by atoms with van der Waals surface area (Å²) in [5.74, 6) is 0.808. The quantitative estimate of drug-likeness (QED) is 0.469. The maximum atomic E-state index is 12.8. The molecule has 2 aromatic heterocycles. The van der Waals surface area contributed by atoms with E-state index >= 15 is 0 Å². The summed E-state index contributed by atoms with van der Waals surface area (Å²) in [5.41, 5.74) is 3.08. The third-order valence-corrected chi connectivity index (χ3v) is 6.18. The molecule has 29 heavy (non-hydrogen) atoms. The zero-order chi connectivity index (χ0) is 20.0. The molecular formula is C23H25N3O3+2. The highest BCUT2D eigenvalue weighted by Crippen LogP contribution is 2.28. The Hall–Kier alpha value is -3.12. The minimum atomic E-state index is -0.422. The normalized spacial score (nSPS) is 19.8. The highest BCUT2D eigenvalue weighted by molar-refractivity contribution is 5.85. The lowest BCUT2D eigenvalue weighted by molar-refractivity contribution is -0.941. The van der Waals surface area contributed by atoms with Gasteiger partial charge in [-0.05, 0) is 56.5 Å². The number of imidazole rings is 1. The molecule has 2 unspecified atom stereocenters. The Bertz CT molecular complexity index is 1220. The molecule has 0 saturated carbocycles. The summed E-state index contributed by atoms with van der Waals surface area (Å²) in [7, 11) is 0. The van der Waals surface area contributed by atoms with Crippen molar-refractivity contribution in [2.24, 2.45) is 0 Å². The highest BCUT2D eigenvalue weighted by atomic mass is 16.4. The van der Waals surface area contributed by atoms with E-state index in [0.717, 1.165) is 28.5 Å². The van der Waals surface area contributed by atoms with Crippen LogP contribution in [-0.4, -0.2) is 22.7 Å². The predicted molar refractivity (Wildman–Crippen MR) is 111 cm³/mol. The van der Waals surface area contributed by atoms with Gasteiger partial charge in [0.25, 0.3) is 5.82 Å². The second-order valence-electron chi connectivity index (χ2n) is 8.08. The van der Waals surface area contributed by atoms with Crippen LogP contribution in [-0.2, 0) is 6.54 Å². The molecule has 1 fully saturated rings. The Balaban J connectivity index is 1.60. The van der Waals surface area contributed by atoms with Gasteiger partial charge in [0.15, 0.2) is 16.6 Å². The number of H-pyrrole nitrogens is 2. The number of phenolic OH excluding ortho intramolecular Hbond substituents is 1. The van der Waals surface area contributed by atoms with Crippen LogP contribution < -0.4 is 15.5 Å². The van der Waals surface area contributed by atoms with Gasteiger partial charge < -0.3 is 14.4 Å². The molecule has 0 spiro atoms. The van der Waals surface area contributed by atoms with Gasteiger partial charge in [-0.2, -0.15) is 0 Å². The van der Waals surface area contributed by atoms with Crippen molar-refractivity contribution in [3.63, 3.8) is 0 Å². The number of aromatic hydroxyl groups is 1. The van der Waals surface area contributed by atoms with Crippen LogP contribution in [0.2, 0.25) is 0 Å². The van der Waals surface area contributed by atoms with Gasteiger partial charge in [0.1, 0.15) is 17.9 Å². The Morgan fingerprint density at radius 1 is 1.24 bits per heavy atom. The van der Waals surface area contributed by atoms with Gasteiger partial charge in [0.05, 0.1) is 18.2 Å². The number of para-hydroxylation sites is 2. The number of fused-ring (bicyclic) bond motifs is 2. The van der Waals surface area contributed by atoms with E-state index in [-0.39, 0.29) is 5.75 Å². The molecule has 4 N–H and O–H groups in total. The van der Waals surface area contributed by atoms with Crippen LogP contribution in [0.25, 0.3) is 33.4 Å². The number of piperidine rings is 1. The van der Waals surface area contributed by atoms with E-state index in [4.69, 9.17) is 4.42 Å². The average molecular weight is 391 g/mol. The number of benzene rings is 2. The van der Waals surface area contributed by atoms with Gasteiger partial charge >= 0.3 is 5.63 Å². The molecule has 6 nitrogen and oxygen atoms in total. The van der Waals surface area contributed by atoms with Crippen molar-refractivity contribution >= 4 is 22.0 Å². The molecule has 2 atom stereocenters. The fraction of sp³-hybridized carbons (Fsp3) is 0.304. The minimum absolute atomic E-state index is 0.191. The van der Waals surface area contributed by atoms with E-state index in [1.807, 2.05) is 30.3 Å².